The van der Waals surface area contributed by atoms with Crippen molar-refractivity contribution in [1.82, 2.24) is 0 Å². The third-order valence-corrected chi connectivity index (χ3v) is 5.25. The number of nitrogens with zero attached hydrogens (tertiary/aromatic N) is 3. The molecule has 0 heterocycles. The van der Waals surface area contributed by atoms with Crippen LogP contribution in [0.25, 0.3) is 0 Å². The maximum Gasteiger partial charge on any atom is 0.343 e. The molecule has 0 atom stereocenters. The number of rotatable bonds is 13. The van der Waals surface area contributed by atoms with Crippen molar-refractivity contribution in [3.8, 4) is 11.5 Å². The lowest BCUT2D eigenvalue weighted by atomic mass is 10.1. The average molecular weight is 476 g/mol. The minimum atomic E-state index is -0.472. The minimum absolute atomic E-state index is 0.00884. The van der Waals surface area contributed by atoms with Crippen molar-refractivity contribution in [2.24, 2.45) is 10.2 Å². The SMILES string of the molecule is CCCCCCCCOc1ccc(C(=O)Oc2ccc(N=Nc3ccc([N+](=O)[O-])cc3)cc2)cc1. The molecule has 0 N–H and O–H groups in total. The smallest absolute Gasteiger partial charge is 0.343 e. The molecule has 0 aliphatic heterocycles. The summed E-state index contributed by atoms with van der Waals surface area (Å²) in [5, 5.41) is 18.8. The Morgan fingerprint density at radius 2 is 1.31 bits per heavy atom. The van der Waals surface area contributed by atoms with Crippen LogP contribution in [0.2, 0.25) is 0 Å². The van der Waals surface area contributed by atoms with E-state index in [1.165, 1.54) is 56.4 Å². The number of hydrogen-bond acceptors (Lipinski definition) is 7. The van der Waals surface area contributed by atoms with Gasteiger partial charge in [-0.15, -0.1) is 0 Å². The zero-order chi connectivity index (χ0) is 24.9. The van der Waals surface area contributed by atoms with Gasteiger partial charge in [-0.05, 0) is 67.1 Å². The van der Waals surface area contributed by atoms with E-state index in [0.717, 1.165) is 12.2 Å². The fourth-order valence-corrected chi connectivity index (χ4v) is 3.26. The summed E-state index contributed by atoms with van der Waals surface area (Å²) < 4.78 is 11.2. The average Bonchev–Trinajstić information content (AvgIpc) is 2.88. The highest BCUT2D eigenvalue weighted by atomic mass is 16.6. The van der Waals surface area contributed by atoms with Crippen molar-refractivity contribution in [2.75, 3.05) is 6.61 Å². The van der Waals surface area contributed by atoms with Crippen LogP contribution < -0.4 is 9.47 Å². The van der Waals surface area contributed by atoms with Gasteiger partial charge in [0.25, 0.3) is 5.69 Å². The Hall–Kier alpha value is -4.07. The highest BCUT2D eigenvalue weighted by molar-refractivity contribution is 5.91. The zero-order valence-corrected chi connectivity index (χ0v) is 19.8. The first-order valence-corrected chi connectivity index (χ1v) is 11.8. The van der Waals surface area contributed by atoms with Crippen molar-refractivity contribution in [3.63, 3.8) is 0 Å². The number of ether oxygens (including phenoxy) is 2. The fraction of sp³-hybridized carbons (Fsp3) is 0.296. The maximum atomic E-state index is 12.4. The molecule has 0 aliphatic carbocycles. The molecule has 0 spiro atoms. The van der Waals surface area contributed by atoms with Crippen LogP contribution in [-0.2, 0) is 0 Å². The van der Waals surface area contributed by atoms with Gasteiger partial charge in [0.1, 0.15) is 11.5 Å². The summed E-state index contributed by atoms with van der Waals surface area (Å²) in [7, 11) is 0. The van der Waals surface area contributed by atoms with Gasteiger partial charge in [-0.25, -0.2) is 4.79 Å². The molecule has 0 aromatic heterocycles. The van der Waals surface area contributed by atoms with Crippen molar-refractivity contribution in [1.29, 1.82) is 0 Å². The van der Waals surface area contributed by atoms with E-state index in [2.05, 4.69) is 17.2 Å². The molecule has 182 valence electrons. The van der Waals surface area contributed by atoms with Crippen LogP contribution >= 0.6 is 0 Å². The summed E-state index contributed by atoms with van der Waals surface area (Å²) in [5.41, 5.74) is 1.46. The maximum absolute atomic E-state index is 12.4. The van der Waals surface area contributed by atoms with Crippen LogP contribution in [0.15, 0.2) is 83.0 Å². The first-order chi connectivity index (χ1) is 17.0. The Balaban J connectivity index is 1.45. The van der Waals surface area contributed by atoms with Crippen molar-refractivity contribution < 1.29 is 19.2 Å². The van der Waals surface area contributed by atoms with Crippen LogP contribution in [-0.4, -0.2) is 17.5 Å². The summed E-state index contributed by atoms with van der Waals surface area (Å²) in [4.78, 5) is 22.7. The van der Waals surface area contributed by atoms with E-state index in [9.17, 15) is 14.9 Å². The first kappa shape index (κ1) is 25.6. The molecule has 0 fully saturated rings. The number of benzene rings is 3. The number of nitro benzene ring substituents is 1. The molecular formula is C27H29N3O5. The van der Waals surface area contributed by atoms with Gasteiger partial charge in [0.15, 0.2) is 0 Å². The molecule has 0 radical (unpaired) electrons. The monoisotopic (exact) mass is 475 g/mol. The molecule has 0 bridgehead atoms. The molecule has 35 heavy (non-hydrogen) atoms. The zero-order valence-electron chi connectivity index (χ0n) is 19.8. The Morgan fingerprint density at radius 3 is 1.91 bits per heavy atom. The van der Waals surface area contributed by atoms with E-state index in [1.807, 2.05) is 0 Å². The minimum Gasteiger partial charge on any atom is -0.494 e. The molecule has 3 aromatic rings. The number of non-ortho nitro benzene ring substituents is 1. The van der Waals surface area contributed by atoms with E-state index < -0.39 is 10.9 Å². The van der Waals surface area contributed by atoms with Crippen LogP contribution in [0.1, 0.15) is 55.8 Å². The predicted octanol–water partition coefficient (Wildman–Crippen LogP) is 7.97. The molecule has 0 saturated carbocycles. The number of carbonyl (C=O) groups excluding carboxylic acids is 1. The number of azo groups is 1. The van der Waals surface area contributed by atoms with Crippen molar-refractivity contribution >= 4 is 23.0 Å². The van der Waals surface area contributed by atoms with Crippen LogP contribution in [0.5, 0.6) is 11.5 Å². The summed E-state index contributed by atoms with van der Waals surface area (Å²) in [6.45, 7) is 2.88. The fourth-order valence-electron chi connectivity index (χ4n) is 3.26. The quantitative estimate of drug-likeness (QED) is 0.0622. The van der Waals surface area contributed by atoms with Gasteiger partial charge < -0.3 is 9.47 Å². The van der Waals surface area contributed by atoms with E-state index in [1.54, 1.807) is 48.5 Å². The van der Waals surface area contributed by atoms with Gasteiger partial charge >= 0.3 is 5.97 Å². The van der Waals surface area contributed by atoms with Crippen molar-refractivity contribution in [2.45, 2.75) is 45.4 Å². The molecular weight excluding hydrogens is 446 g/mol. The Bertz CT molecular complexity index is 1110. The van der Waals surface area contributed by atoms with E-state index in [-0.39, 0.29) is 5.69 Å². The highest BCUT2D eigenvalue weighted by Gasteiger charge is 2.09. The predicted molar refractivity (Wildman–Crippen MR) is 134 cm³/mol. The Labute approximate surface area is 204 Å². The second-order valence-corrected chi connectivity index (χ2v) is 8.00. The lowest BCUT2D eigenvalue weighted by Gasteiger charge is -2.08. The summed E-state index contributed by atoms with van der Waals surface area (Å²) in [6, 6.07) is 19.3. The standard InChI is InChI=1S/C27H29N3O5/c1-2-3-4-5-6-7-20-34-25-16-8-21(9-17-25)27(31)35-26-18-12-23(13-19-26)29-28-22-10-14-24(15-11-22)30(32)33/h8-19H,2-7,20H2,1H3. The topological polar surface area (TPSA) is 103 Å². The molecule has 8 nitrogen and oxygen atoms in total. The molecule has 0 unspecified atom stereocenters. The molecule has 0 aliphatic rings. The second-order valence-electron chi connectivity index (χ2n) is 8.00. The first-order valence-electron chi connectivity index (χ1n) is 11.8. The van der Waals surface area contributed by atoms with E-state index in [0.29, 0.717) is 29.3 Å². The van der Waals surface area contributed by atoms with Gasteiger partial charge in [-0.1, -0.05) is 39.0 Å². The van der Waals surface area contributed by atoms with E-state index >= 15 is 0 Å². The highest BCUT2D eigenvalue weighted by Crippen LogP contribution is 2.24. The number of unbranched alkanes of at least 4 members (excludes halogenated alkanes) is 5. The third-order valence-electron chi connectivity index (χ3n) is 5.25. The third kappa shape index (κ3) is 8.66. The number of carbonyl (C=O) groups is 1. The summed E-state index contributed by atoms with van der Waals surface area (Å²) in [6.07, 6.45) is 7.25. The van der Waals surface area contributed by atoms with Gasteiger partial charge in [0.2, 0.25) is 0 Å². The molecule has 0 saturated heterocycles. The summed E-state index contributed by atoms with van der Waals surface area (Å²) in [5.74, 6) is 0.651. The second kappa shape index (κ2) is 13.6. The molecule has 3 rings (SSSR count). The van der Waals surface area contributed by atoms with Gasteiger partial charge in [-0.2, -0.15) is 10.2 Å². The van der Waals surface area contributed by atoms with Gasteiger partial charge in [0, 0.05) is 12.1 Å². The lowest BCUT2D eigenvalue weighted by Crippen LogP contribution is -2.08. The largest absolute Gasteiger partial charge is 0.494 e. The van der Waals surface area contributed by atoms with Gasteiger partial charge in [0.05, 0.1) is 28.5 Å². The normalized spacial score (nSPS) is 10.9. The Kier molecular flexibility index (Phi) is 9.92. The Morgan fingerprint density at radius 1 is 0.771 bits per heavy atom. The van der Waals surface area contributed by atoms with Crippen molar-refractivity contribution in [3.05, 3.63) is 88.5 Å². The number of esters is 1. The summed E-state index contributed by atoms with van der Waals surface area (Å²) >= 11 is 0. The number of hydrogen-bond donors (Lipinski definition) is 0. The molecule has 8 heteroatoms. The lowest BCUT2D eigenvalue weighted by molar-refractivity contribution is -0.384. The van der Waals surface area contributed by atoms with Gasteiger partial charge in [-0.3, -0.25) is 10.1 Å². The molecule has 3 aromatic carbocycles. The van der Waals surface area contributed by atoms with Crippen LogP contribution in [0.4, 0.5) is 17.1 Å². The van der Waals surface area contributed by atoms with Crippen LogP contribution in [0.3, 0.4) is 0 Å². The van der Waals surface area contributed by atoms with Crippen LogP contribution in [0, 0.1) is 10.1 Å². The molecule has 0 amide bonds. The van der Waals surface area contributed by atoms with E-state index in [4.69, 9.17) is 9.47 Å². The number of nitro groups is 1.